The Morgan fingerprint density at radius 2 is 1.74 bits per heavy atom. The molecule has 2 rings (SSSR count). The highest BCUT2D eigenvalue weighted by Gasteiger charge is 2.04. The van der Waals surface area contributed by atoms with Crippen molar-refractivity contribution < 1.29 is 4.79 Å². The summed E-state index contributed by atoms with van der Waals surface area (Å²) in [5.74, 6) is 0. The van der Waals surface area contributed by atoms with Crippen molar-refractivity contribution in [3.05, 3.63) is 60.2 Å². The van der Waals surface area contributed by atoms with Gasteiger partial charge < -0.3 is 10.6 Å². The van der Waals surface area contributed by atoms with Gasteiger partial charge in [0.05, 0.1) is 0 Å². The van der Waals surface area contributed by atoms with Crippen LogP contribution in [0, 0.1) is 0 Å². The van der Waals surface area contributed by atoms with E-state index in [2.05, 4.69) is 16.7 Å². The van der Waals surface area contributed by atoms with Crippen LogP contribution < -0.4 is 10.6 Å². The van der Waals surface area contributed by atoms with Crippen molar-refractivity contribution in [2.75, 3.05) is 11.6 Å². The third kappa shape index (κ3) is 4.03. The lowest BCUT2D eigenvalue weighted by Gasteiger charge is -2.10. The molecule has 0 unspecified atom stereocenters. The molecule has 3 nitrogen and oxygen atoms in total. The molecule has 2 N–H and O–H groups in total. The van der Waals surface area contributed by atoms with Crippen molar-refractivity contribution in [1.82, 2.24) is 5.32 Å². The van der Waals surface area contributed by atoms with E-state index in [0.717, 1.165) is 11.3 Å². The molecular weight excluding hydrogens is 256 g/mol. The normalized spacial score (nSPS) is 9.95. The van der Waals surface area contributed by atoms with Crippen molar-refractivity contribution in [3.63, 3.8) is 0 Å². The summed E-state index contributed by atoms with van der Waals surface area (Å²) in [4.78, 5) is 12.9. The van der Waals surface area contributed by atoms with E-state index in [1.807, 2.05) is 54.8 Å². The molecule has 0 heterocycles. The first-order valence-corrected chi connectivity index (χ1v) is 7.24. The lowest BCUT2D eigenvalue weighted by Crippen LogP contribution is -2.28. The van der Waals surface area contributed by atoms with Gasteiger partial charge in [-0.15, -0.1) is 11.8 Å². The number of carbonyl (C=O) groups is 1. The van der Waals surface area contributed by atoms with Crippen LogP contribution in [0.2, 0.25) is 0 Å². The number of para-hydroxylation sites is 1. The summed E-state index contributed by atoms with van der Waals surface area (Å²) in [6, 6.07) is 17.3. The number of urea groups is 1. The van der Waals surface area contributed by atoms with Crippen LogP contribution in [0.1, 0.15) is 5.56 Å². The minimum atomic E-state index is -0.192. The first kappa shape index (κ1) is 13.5. The monoisotopic (exact) mass is 272 g/mol. The summed E-state index contributed by atoms with van der Waals surface area (Å²) < 4.78 is 0. The van der Waals surface area contributed by atoms with Crippen LogP contribution in [0.3, 0.4) is 0 Å². The number of nitrogens with one attached hydrogen (secondary N) is 2. The van der Waals surface area contributed by atoms with Gasteiger partial charge in [0.25, 0.3) is 0 Å². The van der Waals surface area contributed by atoms with Gasteiger partial charge in [0.1, 0.15) is 0 Å². The van der Waals surface area contributed by atoms with Crippen molar-refractivity contribution in [3.8, 4) is 0 Å². The molecule has 0 aliphatic heterocycles. The van der Waals surface area contributed by atoms with Gasteiger partial charge in [-0.05, 0) is 30.0 Å². The smallest absolute Gasteiger partial charge is 0.319 e. The Balaban J connectivity index is 1.90. The molecule has 0 saturated heterocycles. The number of thioether (sulfide) groups is 1. The zero-order valence-corrected chi connectivity index (χ0v) is 11.5. The average Bonchev–Trinajstić information content (AvgIpc) is 2.46. The molecule has 0 aliphatic carbocycles. The number of amides is 2. The molecule has 2 amide bonds. The van der Waals surface area contributed by atoms with Crippen molar-refractivity contribution in [2.24, 2.45) is 0 Å². The maximum absolute atomic E-state index is 11.8. The van der Waals surface area contributed by atoms with E-state index in [-0.39, 0.29) is 6.03 Å². The highest BCUT2D eigenvalue weighted by atomic mass is 32.2. The molecule has 2 aromatic carbocycles. The van der Waals surface area contributed by atoms with Gasteiger partial charge >= 0.3 is 6.03 Å². The zero-order valence-electron chi connectivity index (χ0n) is 10.7. The summed E-state index contributed by atoms with van der Waals surface area (Å²) in [6.07, 6.45) is 2.03. The van der Waals surface area contributed by atoms with Gasteiger partial charge in [0, 0.05) is 17.1 Å². The van der Waals surface area contributed by atoms with E-state index in [1.54, 1.807) is 11.8 Å². The van der Waals surface area contributed by atoms with Crippen molar-refractivity contribution in [1.29, 1.82) is 0 Å². The van der Waals surface area contributed by atoms with E-state index < -0.39 is 0 Å². The molecule has 0 spiro atoms. The Hall–Kier alpha value is -1.94. The average molecular weight is 272 g/mol. The SMILES string of the molecule is CSc1ccccc1CNC(=O)Nc1ccccc1. The van der Waals surface area contributed by atoms with Gasteiger partial charge in [0.2, 0.25) is 0 Å². The zero-order chi connectivity index (χ0) is 13.5. The topological polar surface area (TPSA) is 41.1 Å². The number of hydrogen-bond acceptors (Lipinski definition) is 2. The summed E-state index contributed by atoms with van der Waals surface area (Å²) >= 11 is 1.68. The molecule has 0 saturated carbocycles. The maximum atomic E-state index is 11.8. The summed E-state index contributed by atoms with van der Waals surface area (Å²) in [5, 5.41) is 5.65. The molecule has 98 valence electrons. The van der Waals surface area contributed by atoms with Gasteiger partial charge in [-0.1, -0.05) is 36.4 Å². The highest BCUT2D eigenvalue weighted by Crippen LogP contribution is 2.19. The number of carbonyl (C=O) groups excluding carboxylic acids is 1. The Bertz CT molecular complexity index is 543. The van der Waals surface area contributed by atoms with Gasteiger partial charge in [-0.3, -0.25) is 0 Å². The second kappa shape index (κ2) is 6.85. The molecule has 19 heavy (non-hydrogen) atoms. The second-order valence-electron chi connectivity index (χ2n) is 3.99. The standard InChI is InChI=1S/C15H16N2OS/c1-19-14-10-6-5-7-12(14)11-16-15(18)17-13-8-3-2-4-9-13/h2-10H,11H2,1H3,(H2,16,17,18). The van der Waals surface area contributed by atoms with E-state index in [0.29, 0.717) is 6.54 Å². The Morgan fingerprint density at radius 1 is 1.05 bits per heavy atom. The van der Waals surface area contributed by atoms with Crippen LogP contribution in [0.25, 0.3) is 0 Å². The lowest BCUT2D eigenvalue weighted by molar-refractivity contribution is 0.251. The molecule has 0 aromatic heterocycles. The van der Waals surface area contributed by atoms with E-state index in [9.17, 15) is 4.79 Å². The fourth-order valence-electron chi connectivity index (χ4n) is 1.72. The Kier molecular flexibility index (Phi) is 4.86. The van der Waals surface area contributed by atoms with Gasteiger partial charge in [-0.25, -0.2) is 4.79 Å². The maximum Gasteiger partial charge on any atom is 0.319 e. The summed E-state index contributed by atoms with van der Waals surface area (Å²) in [5.41, 5.74) is 1.91. The second-order valence-corrected chi connectivity index (χ2v) is 4.83. The van der Waals surface area contributed by atoms with Crippen LogP contribution in [-0.4, -0.2) is 12.3 Å². The van der Waals surface area contributed by atoms with E-state index >= 15 is 0 Å². The number of anilines is 1. The number of benzene rings is 2. The van der Waals surface area contributed by atoms with E-state index in [4.69, 9.17) is 0 Å². The van der Waals surface area contributed by atoms with E-state index in [1.165, 1.54) is 4.90 Å². The van der Waals surface area contributed by atoms with Crippen molar-refractivity contribution >= 4 is 23.5 Å². The molecule has 0 aliphatic rings. The van der Waals surface area contributed by atoms with Crippen LogP contribution in [0.5, 0.6) is 0 Å². The quantitative estimate of drug-likeness (QED) is 0.833. The predicted molar refractivity (Wildman–Crippen MR) is 80.5 cm³/mol. The van der Waals surface area contributed by atoms with Crippen LogP contribution in [-0.2, 0) is 6.54 Å². The fraction of sp³-hybridized carbons (Fsp3) is 0.133. The van der Waals surface area contributed by atoms with Crippen LogP contribution in [0.15, 0.2) is 59.5 Å². The summed E-state index contributed by atoms with van der Waals surface area (Å²) in [6.45, 7) is 0.523. The lowest BCUT2D eigenvalue weighted by atomic mass is 10.2. The summed E-state index contributed by atoms with van der Waals surface area (Å²) in [7, 11) is 0. The molecule has 0 radical (unpaired) electrons. The van der Waals surface area contributed by atoms with Gasteiger partial charge in [-0.2, -0.15) is 0 Å². The molecule has 0 fully saturated rings. The molecular formula is C15H16N2OS. The van der Waals surface area contributed by atoms with Crippen LogP contribution >= 0.6 is 11.8 Å². The number of rotatable bonds is 4. The molecule has 0 atom stereocenters. The first-order chi connectivity index (χ1) is 9.29. The molecule has 4 heteroatoms. The third-order valence-corrected chi connectivity index (χ3v) is 3.50. The largest absolute Gasteiger partial charge is 0.334 e. The predicted octanol–water partition coefficient (Wildman–Crippen LogP) is 3.73. The minimum absolute atomic E-state index is 0.192. The first-order valence-electron chi connectivity index (χ1n) is 6.01. The highest BCUT2D eigenvalue weighted by molar-refractivity contribution is 7.98. The Labute approximate surface area is 117 Å². The van der Waals surface area contributed by atoms with Crippen molar-refractivity contribution in [2.45, 2.75) is 11.4 Å². The van der Waals surface area contributed by atoms with Crippen LogP contribution in [0.4, 0.5) is 10.5 Å². The molecule has 2 aromatic rings. The minimum Gasteiger partial charge on any atom is -0.334 e. The third-order valence-electron chi connectivity index (χ3n) is 2.66. The Morgan fingerprint density at radius 3 is 2.47 bits per heavy atom. The molecule has 0 bridgehead atoms. The van der Waals surface area contributed by atoms with Gasteiger partial charge in [0.15, 0.2) is 0 Å². The fourth-order valence-corrected chi connectivity index (χ4v) is 2.34. The number of hydrogen-bond donors (Lipinski definition) is 2.